The molecule has 3 atom stereocenters. The Kier molecular flexibility index (Phi) is 5.56. The number of pyridine rings is 1. The quantitative estimate of drug-likeness (QED) is 0.684. The number of amides is 1. The number of hydrogen-bond acceptors (Lipinski definition) is 7. The first kappa shape index (κ1) is 22.5. The number of aromatic nitrogens is 3. The lowest BCUT2D eigenvalue weighted by molar-refractivity contribution is -0.0105. The number of nitrogens with one attached hydrogen (secondary N) is 2. The van der Waals surface area contributed by atoms with Gasteiger partial charge in [0.1, 0.15) is 17.1 Å². The summed E-state index contributed by atoms with van der Waals surface area (Å²) in [5.41, 5.74) is 2.30. The van der Waals surface area contributed by atoms with Gasteiger partial charge in [0, 0.05) is 56.7 Å². The molecule has 0 aromatic carbocycles. The molecular formula is C26H35N7O2. The number of carbonyl (C=O) groups is 1. The first-order chi connectivity index (χ1) is 16.9. The van der Waals surface area contributed by atoms with E-state index in [-0.39, 0.29) is 11.4 Å². The van der Waals surface area contributed by atoms with E-state index < -0.39 is 0 Å². The van der Waals surface area contributed by atoms with Gasteiger partial charge in [-0.1, -0.05) is 6.07 Å². The minimum Gasteiger partial charge on any atom is -0.381 e. The molecule has 2 N–H and O–H groups in total. The van der Waals surface area contributed by atoms with Gasteiger partial charge >= 0.3 is 0 Å². The number of rotatable bonds is 5. The summed E-state index contributed by atoms with van der Waals surface area (Å²) in [6.45, 7) is 12.8. The molecule has 0 saturated carbocycles. The van der Waals surface area contributed by atoms with E-state index in [0.717, 1.165) is 50.0 Å². The molecule has 0 aliphatic carbocycles. The standard InChI is InChI=1S/C26H35N7O2/c1-17-14-32(18(2)13-31(17)15-19-7-10-35-11-8-19)22-12-26(3)23-20(16-33(22)26)24(30-29-23)28-25(34)21-6-4-5-9-27-21/h4-6,9,12,17-19H,7-8,10-11,13-16H2,1-3H3,(H2,28,29,30,34)/t17-,18+,26?/m1/s1. The van der Waals surface area contributed by atoms with E-state index >= 15 is 0 Å². The second-order valence-electron chi connectivity index (χ2n) is 10.7. The molecule has 4 aliphatic heterocycles. The third kappa shape index (κ3) is 3.81. The van der Waals surface area contributed by atoms with Crippen LogP contribution in [0.5, 0.6) is 0 Å². The van der Waals surface area contributed by atoms with E-state index in [1.54, 1.807) is 18.3 Å². The molecule has 6 rings (SSSR count). The predicted molar refractivity (Wildman–Crippen MR) is 133 cm³/mol. The van der Waals surface area contributed by atoms with Crippen LogP contribution in [0.4, 0.5) is 5.82 Å². The lowest BCUT2D eigenvalue weighted by Crippen LogP contribution is -2.61. The summed E-state index contributed by atoms with van der Waals surface area (Å²) in [4.78, 5) is 24.5. The summed E-state index contributed by atoms with van der Waals surface area (Å²) in [5.74, 6) is 2.41. The second kappa shape index (κ2) is 8.64. The molecule has 0 radical (unpaired) electrons. The van der Waals surface area contributed by atoms with E-state index in [1.165, 1.54) is 25.2 Å². The van der Waals surface area contributed by atoms with Gasteiger partial charge in [-0.05, 0) is 57.7 Å². The Morgan fingerprint density at radius 2 is 2.06 bits per heavy atom. The van der Waals surface area contributed by atoms with Gasteiger partial charge in [-0.2, -0.15) is 5.10 Å². The summed E-state index contributed by atoms with van der Waals surface area (Å²) in [7, 11) is 0. The number of carbonyl (C=O) groups excluding carboxylic acids is 1. The van der Waals surface area contributed by atoms with Crippen molar-refractivity contribution in [2.75, 3.05) is 38.2 Å². The van der Waals surface area contributed by atoms with Crippen molar-refractivity contribution in [3.8, 4) is 0 Å². The molecule has 2 saturated heterocycles. The van der Waals surface area contributed by atoms with Gasteiger partial charge in [-0.3, -0.25) is 19.8 Å². The van der Waals surface area contributed by atoms with Crippen LogP contribution in [0.1, 0.15) is 55.4 Å². The Labute approximate surface area is 206 Å². The molecule has 2 aromatic rings. The first-order valence-corrected chi connectivity index (χ1v) is 12.8. The topological polar surface area (TPSA) is 89.6 Å². The number of H-pyrrole nitrogens is 1. The zero-order valence-electron chi connectivity index (χ0n) is 20.8. The average Bonchev–Trinajstić information content (AvgIpc) is 3.35. The normalized spacial score (nSPS) is 28.8. The van der Waals surface area contributed by atoms with Gasteiger partial charge in [0.15, 0.2) is 5.82 Å². The Balaban J connectivity index is 1.13. The van der Waals surface area contributed by atoms with Crippen LogP contribution in [0.2, 0.25) is 0 Å². The molecule has 9 nitrogen and oxygen atoms in total. The van der Waals surface area contributed by atoms with Crippen molar-refractivity contribution in [3.63, 3.8) is 0 Å². The van der Waals surface area contributed by atoms with Crippen molar-refractivity contribution in [1.29, 1.82) is 0 Å². The highest BCUT2D eigenvalue weighted by molar-refractivity contribution is 6.02. The van der Waals surface area contributed by atoms with Gasteiger partial charge in [0.05, 0.1) is 12.2 Å². The molecule has 4 aliphatic rings. The second-order valence-corrected chi connectivity index (χ2v) is 10.7. The number of anilines is 1. The number of ether oxygens (including phenoxy) is 1. The highest BCUT2D eigenvalue weighted by Crippen LogP contribution is 2.52. The molecule has 6 heterocycles. The SMILES string of the molecule is C[C@@H]1CN(C2=CC3(C)c4[nH]nc(NC(=O)c5ccccn5)c4CN23)[C@@H](C)CN1CC1CCOCC1. The van der Waals surface area contributed by atoms with Crippen molar-refractivity contribution in [2.24, 2.45) is 5.92 Å². The molecule has 35 heavy (non-hydrogen) atoms. The van der Waals surface area contributed by atoms with Crippen LogP contribution < -0.4 is 5.32 Å². The number of hydrogen-bond donors (Lipinski definition) is 2. The van der Waals surface area contributed by atoms with Crippen LogP contribution in [0.3, 0.4) is 0 Å². The number of aromatic amines is 1. The minimum atomic E-state index is -0.240. The smallest absolute Gasteiger partial charge is 0.275 e. The number of nitrogens with zero attached hydrogens (tertiary/aromatic N) is 5. The van der Waals surface area contributed by atoms with E-state index in [9.17, 15) is 4.79 Å². The van der Waals surface area contributed by atoms with Gasteiger partial charge < -0.3 is 19.9 Å². The summed E-state index contributed by atoms with van der Waals surface area (Å²) in [6.07, 6.45) is 6.35. The molecule has 1 amide bonds. The number of piperazine rings is 1. The number of fused-ring (bicyclic) bond motifs is 3. The Morgan fingerprint density at radius 3 is 2.83 bits per heavy atom. The van der Waals surface area contributed by atoms with Gasteiger partial charge in [0.2, 0.25) is 0 Å². The molecule has 2 fully saturated rings. The largest absolute Gasteiger partial charge is 0.381 e. The van der Waals surface area contributed by atoms with Crippen molar-refractivity contribution in [1.82, 2.24) is 29.9 Å². The van der Waals surface area contributed by atoms with Crippen molar-refractivity contribution in [2.45, 2.75) is 57.8 Å². The lowest BCUT2D eigenvalue weighted by Gasteiger charge is -2.55. The summed E-state index contributed by atoms with van der Waals surface area (Å²) < 4.78 is 5.56. The molecule has 0 spiro atoms. The van der Waals surface area contributed by atoms with Crippen molar-refractivity contribution >= 4 is 11.7 Å². The Bertz CT molecular complexity index is 1130. The highest BCUT2D eigenvalue weighted by Gasteiger charge is 2.53. The predicted octanol–water partition coefficient (Wildman–Crippen LogP) is 2.76. The van der Waals surface area contributed by atoms with E-state index in [2.05, 4.69) is 62.0 Å². The monoisotopic (exact) mass is 477 g/mol. The van der Waals surface area contributed by atoms with Crippen LogP contribution in [0, 0.1) is 5.92 Å². The van der Waals surface area contributed by atoms with Gasteiger partial charge in [0.25, 0.3) is 5.91 Å². The van der Waals surface area contributed by atoms with Crippen LogP contribution in [-0.2, 0) is 16.8 Å². The zero-order chi connectivity index (χ0) is 24.2. The Hall–Kier alpha value is -2.91. The molecular weight excluding hydrogens is 442 g/mol. The summed E-state index contributed by atoms with van der Waals surface area (Å²) >= 11 is 0. The van der Waals surface area contributed by atoms with E-state index in [1.807, 2.05) is 6.07 Å². The van der Waals surface area contributed by atoms with E-state index in [0.29, 0.717) is 23.6 Å². The highest BCUT2D eigenvalue weighted by atomic mass is 16.5. The molecule has 1 unspecified atom stereocenters. The third-order valence-electron chi connectivity index (χ3n) is 8.31. The summed E-state index contributed by atoms with van der Waals surface area (Å²) in [5, 5.41) is 10.6. The fourth-order valence-corrected chi connectivity index (χ4v) is 6.17. The Morgan fingerprint density at radius 1 is 1.23 bits per heavy atom. The van der Waals surface area contributed by atoms with Crippen molar-refractivity contribution < 1.29 is 9.53 Å². The summed E-state index contributed by atoms with van der Waals surface area (Å²) in [6, 6.07) is 6.28. The molecule has 9 heteroatoms. The zero-order valence-corrected chi connectivity index (χ0v) is 20.8. The van der Waals surface area contributed by atoms with Gasteiger partial charge in [-0.15, -0.1) is 0 Å². The maximum atomic E-state index is 12.7. The van der Waals surface area contributed by atoms with Gasteiger partial charge in [-0.25, -0.2) is 0 Å². The van der Waals surface area contributed by atoms with Crippen LogP contribution in [0.25, 0.3) is 0 Å². The van der Waals surface area contributed by atoms with Crippen LogP contribution >= 0.6 is 0 Å². The maximum absolute atomic E-state index is 12.7. The third-order valence-corrected chi connectivity index (χ3v) is 8.31. The fourth-order valence-electron chi connectivity index (χ4n) is 6.17. The molecule has 2 aromatic heterocycles. The molecule has 186 valence electrons. The molecule has 0 bridgehead atoms. The van der Waals surface area contributed by atoms with Crippen molar-refractivity contribution in [3.05, 3.63) is 53.2 Å². The fraction of sp³-hybridized carbons (Fsp3) is 0.577. The van der Waals surface area contributed by atoms with Crippen LogP contribution in [-0.4, -0.2) is 80.7 Å². The minimum absolute atomic E-state index is 0.214. The average molecular weight is 478 g/mol. The maximum Gasteiger partial charge on any atom is 0.275 e. The lowest BCUT2D eigenvalue weighted by atomic mass is 9.90. The van der Waals surface area contributed by atoms with E-state index in [4.69, 9.17) is 4.74 Å². The first-order valence-electron chi connectivity index (χ1n) is 12.8. The van der Waals surface area contributed by atoms with Crippen LogP contribution in [0.15, 0.2) is 36.3 Å².